The van der Waals surface area contributed by atoms with Crippen LogP contribution in [0.2, 0.25) is 10.0 Å². The molecule has 0 aliphatic heterocycles. The van der Waals surface area contributed by atoms with Gasteiger partial charge in [-0.1, -0.05) is 41.4 Å². The van der Waals surface area contributed by atoms with Crippen molar-refractivity contribution in [3.05, 3.63) is 89.0 Å². The molecule has 198 valence electrons. The van der Waals surface area contributed by atoms with E-state index in [4.69, 9.17) is 27.9 Å². The van der Waals surface area contributed by atoms with Gasteiger partial charge in [0, 0.05) is 33.9 Å². The summed E-state index contributed by atoms with van der Waals surface area (Å²) < 4.78 is 34.8. The van der Waals surface area contributed by atoms with Crippen LogP contribution in [0.5, 0.6) is 5.75 Å². The predicted molar refractivity (Wildman–Crippen MR) is 150 cm³/mol. The van der Waals surface area contributed by atoms with Crippen LogP contribution in [-0.2, 0) is 14.8 Å². The van der Waals surface area contributed by atoms with Crippen LogP contribution in [0.25, 0.3) is 16.9 Å². The number of nitrogens with zero attached hydrogens (tertiary/aromatic N) is 3. The summed E-state index contributed by atoms with van der Waals surface area (Å²) in [7, 11) is -2.39. The van der Waals surface area contributed by atoms with Crippen LogP contribution < -0.4 is 10.1 Å². The summed E-state index contributed by atoms with van der Waals surface area (Å²) in [4.78, 5) is 17.9. The first kappa shape index (κ1) is 27.7. The molecular weight excluding hydrogens is 547 g/mol. The molecule has 38 heavy (non-hydrogen) atoms. The Bertz CT molecular complexity index is 1540. The van der Waals surface area contributed by atoms with E-state index in [1.807, 2.05) is 24.3 Å². The van der Waals surface area contributed by atoms with Crippen LogP contribution in [0.3, 0.4) is 0 Å². The summed E-state index contributed by atoms with van der Waals surface area (Å²) in [6.07, 6.45) is 1.78. The summed E-state index contributed by atoms with van der Waals surface area (Å²) in [5.74, 6) is 0.302. The van der Waals surface area contributed by atoms with Crippen LogP contribution >= 0.6 is 23.2 Å². The maximum Gasteiger partial charge on any atom is 0.243 e. The van der Waals surface area contributed by atoms with Crippen LogP contribution in [0.15, 0.2) is 83.9 Å². The smallest absolute Gasteiger partial charge is 0.243 e. The Hall–Kier alpha value is -3.37. The first-order valence-electron chi connectivity index (χ1n) is 11.7. The maximum absolute atomic E-state index is 13.3. The molecule has 0 saturated heterocycles. The number of imidazole rings is 1. The topological polar surface area (TPSA) is 93.5 Å². The molecule has 4 aromatic rings. The number of aromatic nitrogens is 2. The molecule has 4 rings (SSSR count). The number of hydrogen-bond acceptors (Lipinski definition) is 5. The van der Waals surface area contributed by atoms with Gasteiger partial charge in [-0.3, -0.25) is 14.7 Å². The maximum atomic E-state index is 13.3. The van der Waals surface area contributed by atoms with E-state index in [1.54, 1.807) is 56.0 Å². The van der Waals surface area contributed by atoms with Crippen molar-refractivity contribution in [3.63, 3.8) is 0 Å². The zero-order valence-corrected chi connectivity index (χ0v) is 23.3. The number of nitrogens with one attached hydrogen (secondary N) is 1. The van der Waals surface area contributed by atoms with Crippen molar-refractivity contribution in [2.75, 3.05) is 19.0 Å². The van der Waals surface area contributed by atoms with Crippen molar-refractivity contribution in [2.45, 2.75) is 24.8 Å². The number of amides is 1. The van der Waals surface area contributed by atoms with E-state index < -0.39 is 28.5 Å². The SMILES string of the molecule is COc1cccc(-n2cc(-c3ccc(Cl)cc3)nc2NC(=O)CN(C(C)C)S(=O)(=O)c2ccc(Cl)cc2)c1. The number of hydrogen-bond donors (Lipinski definition) is 1. The molecule has 0 aliphatic rings. The molecule has 3 aromatic carbocycles. The lowest BCUT2D eigenvalue weighted by molar-refractivity contribution is -0.116. The van der Waals surface area contributed by atoms with E-state index >= 15 is 0 Å². The molecule has 0 bridgehead atoms. The van der Waals surface area contributed by atoms with Gasteiger partial charge < -0.3 is 4.74 Å². The average Bonchev–Trinajstić information content (AvgIpc) is 3.31. The fraction of sp³-hybridized carbons (Fsp3) is 0.185. The molecule has 11 heteroatoms. The minimum atomic E-state index is -3.96. The van der Waals surface area contributed by atoms with Gasteiger partial charge in [-0.05, 0) is 62.4 Å². The van der Waals surface area contributed by atoms with E-state index in [0.29, 0.717) is 27.2 Å². The first-order valence-corrected chi connectivity index (χ1v) is 13.8. The highest BCUT2D eigenvalue weighted by Gasteiger charge is 2.29. The number of anilines is 1. The zero-order valence-electron chi connectivity index (χ0n) is 20.9. The summed E-state index contributed by atoms with van der Waals surface area (Å²) in [6, 6.07) is 19.8. The lowest BCUT2D eigenvalue weighted by Crippen LogP contribution is -2.42. The second kappa shape index (κ2) is 11.6. The highest BCUT2D eigenvalue weighted by molar-refractivity contribution is 7.89. The van der Waals surface area contributed by atoms with Gasteiger partial charge in [-0.2, -0.15) is 4.31 Å². The fourth-order valence-corrected chi connectivity index (χ4v) is 5.62. The monoisotopic (exact) mass is 572 g/mol. The molecule has 1 heterocycles. The van der Waals surface area contributed by atoms with Crippen molar-refractivity contribution >= 4 is 45.1 Å². The Morgan fingerprint density at radius 1 is 1.03 bits per heavy atom. The largest absolute Gasteiger partial charge is 0.497 e. The Morgan fingerprint density at radius 2 is 1.66 bits per heavy atom. The Morgan fingerprint density at radius 3 is 2.26 bits per heavy atom. The number of benzene rings is 3. The van der Waals surface area contributed by atoms with Gasteiger partial charge in [-0.25, -0.2) is 13.4 Å². The van der Waals surface area contributed by atoms with E-state index in [1.165, 1.54) is 24.3 Å². The van der Waals surface area contributed by atoms with E-state index in [2.05, 4.69) is 10.3 Å². The number of halogens is 2. The lowest BCUT2D eigenvalue weighted by atomic mass is 10.2. The van der Waals surface area contributed by atoms with Crippen LogP contribution in [-0.4, -0.2) is 47.9 Å². The molecule has 0 spiro atoms. The van der Waals surface area contributed by atoms with Crippen LogP contribution in [0.1, 0.15) is 13.8 Å². The highest BCUT2D eigenvalue weighted by Crippen LogP contribution is 2.27. The predicted octanol–water partition coefficient (Wildman–Crippen LogP) is 5.89. The second-order valence-electron chi connectivity index (χ2n) is 8.67. The van der Waals surface area contributed by atoms with Crippen LogP contribution in [0.4, 0.5) is 5.95 Å². The molecule has 0 radical (unpaired) electrons. The molecule has 0 aliphatic carbocycles. The average molecular weight is 574 g/mol. The van der Waals surface area contributed by atoms with Crippen molar-refractivity contribution in [1.29, 1.82) is 0 Å². The van der Waals surface area contributed by atoms with Gasteiger partial charge in [0.1, 0.15) is 5.75 Å². The minimum Gasteiger partial charge on any atom is -0.497 e. The summed E-state index contributed by atoms with van der Waals surface area (Å²) in [5.41, 5.74) is 2.08. The molecule has 1 aromatic heterocycles. The van der Waals surface area contributed by atoms with Gasteiger partial charge in [0.2, 0.25) is 21.9 Å². The van der Waals surface area contributed by atoms with Crippen LogP contribution in [0, 0.1) is 0 Å². The molecule has 0 atom stereocenters. The number of carbonyl (C=O) groups is 1. The Kier molecular flexibility index (Phi) is 8.42. The number of methoxy groups -OCH3 is 1. The van der Waals surface area contributed by atoms with Crippen molar-refractivity contribution < 1.29 is 17.9 Å². The fourth-order valence-electron chi connectivity index (χ4n) is 3.78. The third-order valence-electron chi connectivity index (χ3n) is 5.72. The van der Waals surface area contributed by atoms with Gasteiger partial charge >= 0.3 is 0 Å². The summed E-state index contributed by atoms with van der Waals surface area (Å²) in [5, 5.41) is 3.79. The van der Waals surface area contributed by atoms with E-state index in [0.717, 1.165) is 9.87 Å². The van der Waals surface area contributed by atoms with Gasteiger partial charge in [0.05, 0.1) is 29.9 Å². The number of sulfonamides is 1. The summed E-state index contributed by atoms with van der Waals surface area (Å²) in [6.45, 7) is 3.00. The van der Waals surface area contributed by atoms with Gasteiger partial charge in [-0.15, -0.1) is 0 Å². The van der Waals surface area contributed by atoms with Crippen molar-refractivity contribution in [1.82, 2.24) is 13.9 Å². The molecule has 0 saturated carbocycles. The quantitative estimate of drug-likeness (QED) is 0.270. The lowest BCUT2D eigenvalue weighted by Gasteiger charge is -2.25. The second-order valence-corrected chi connectivity index (χ2v) is 11.4. The molecule has 1 amide bonds. The van der Waals surface area contributed by atoms with Crippen molar-refractivity contribution in [2.24, 2.45) is 0 Å². The first-order chi connectivity index (χ1) is 18.1. The molecule has 8 nitrogen and oxygen atoms in total. The number of carbonyl (C=O) groups excluding carboxylic acids is 1. The summed E-state index contributed by atoms with van der Waals surface area (Å²) >= 11 is 12.0. The number of ether oxygens (including phenoxy) is 1. The Balaban J connectivity index is 1.67. The van der Waals surface area contributed by atoms with Gasteiger partial charge in [0.15, 0.2) is 0 Å². The third kappa shape index (κ3) is 6.19. The molecule has 0 unspecified atom stereocenters. The van der Waals surface area contributed by atoms with E-state index in [9.17, 15) is 13.2 Å². The number of rotatable bonds is 9. The molecule has 0 fully saturated rings. The van der Waals surface area contributed by atoms with Gasteiger partial charge in [0.25, 0.3) is 0 Å². The normalized spacial score (nSPS) is 11.7. The van der Waals surface area contributed by atoms with Crippen molar-refractivity contribution in [3.8, 4) is 22.7 Å². The Labute approximate surface area is 231 Å². The highest BCUT2D eigenvalue weighted by atomic mass is 35.5. The molecular formula is C27H26Cl2N4O4S. The minimum absolute atomic E-state index is 0.0475. The standard InChI is InChI=1S/C27H26Cl2N4O4S/c1-18(2)33(38(35,36)24-13-11-21(29)12-14-24)17-26(34)31-27-30-25(19-7-9-20(28)10-8-19)16-32(27)22-5-4-6-23(15-22)37-3/h4-16,18H,17H2,1-3H3,(H,30,31,34). The zero-order chi connectivity index (χ0) is 27.4. The van der Waals surface area contributed by atoms with E-state index in [-0.39, 0.29) is 10.8 Å². The third-order valence-corrected chi connectivity index (χ3v) is 8.26. The molecule has 1 N–H and O–H groups in total.